The SMILES string of the molecule is CC.Cc1nc(Cl)c2ncn(C)c2n1. The van der Waals surface area contributed by atoms with Crippen LogP contribution in [0.15, 0.2) is 6.33 Å². The molecule has 0 aliphatic heterocycles. The second-order valence-corrected chi connectivity index (χ2v) is 2.95. The van der Waals surface area contributed by atoms with Crippen LogP contribution in [0.5, 0.6) is 0 Å². The van der Waals surface area contributed by atoms with Gasteiger partial charge in [-0.2, -0.15) is 0 Å². The average Bonchev–Trinajstić information content (AvgIpc) is 2.52. The highest BCUT2D eigenvalue weighted by molar-refractivity contribution is 6.33. The molecule has 0 atom stereocenters. The number of nitrogens with zero attached hydrogens (tertiary/aromatic N) is 4. The van der Waals surface area contributed by atoms with Gasteiger partial charge in [0.25, 0.3) is 0 Å². The van der Waals surface area contributed by atoms with Crippen molar-refractivity contribution in [2.75, 3.05) is 0 Å². The lowest BCUT2D eigenvalue weighted by Crippen LogP contribution is -1.93. The first kappa shape index (κ1) is 10.9. The molecule has 2 rings (SSSR count). The van der Waals surface area contributed by atoms with Crippen LogP contribution in [0.25, 0.3) is 11.2 Å². The van der Waals surface area contributed by atoms with E-state index in [2.05, 4.69) is 15.0 Å². The van der Waals surface area contributed by atoms with Crippen molar-refractivity contribution in [3.05, 3.63) is 17.3 Å². The summed E-state index contributed by atoms with van der Waals surface area (Å²) in [6.07, 6.45) is 1.67. The van der Waals surface area contributed by atoms with Gasteiger partial charge in [-0.1, -0.05) is 25.4 Å². The summed E-state index contributed by atoms with van der Waals surface area (Å²) in [6, 6.07) is 0. The molecule has 0 spiro atoms. The number of imidazole rings is 1. The lowest BCUT2D eigenvalue weighted by Gasteiger charge is -1.95. The van der Waals surface area contributed by atoms with Crippen molar-refractivity contribution < 1.29 is 0 Å². The minimum atomic E-state index is 0.415. The van der Waals surface area contributed by atoms with Gasteiger partial charge >= 0.3 is 0 Å². The second kappa shape index (κ2) is 4.37. The van der Waals surface area contributed by atoms with E-state index < -0.39 is 0 Å². The van der Waals surface area contributed by atoms with Crippen LogP contribution < -0.4 is 0 Å². The molecule has 14 heavy (non-hydrogen) atoms. The van der Waals surface area contributed by atoms with Crippen LogP contribution >= 0.6 is 11.6 Å². The van der Waals surface area contributed by atoms with Crippen LogP contribution in [-0.2, 0) is 7.05 Å². The smallest absolute Gasteiger partial charge is 0.164 e. The molecule has 2 aromatic heterocycles. The number of hydrogen-bond donors (Lipinski definition) is 0. The summed E-state index contributed by atoms with van der Waals surface area (Å²) >= 11 is 5.85. The number of rotatable bonds is 0. The molecule has 0 amide bonds. The van der Waals surface area contributed by atoms with Gasteiger partial charge in [0.15, 0.2) is 10.8 Å². The van der Waals surface area contributed by atoms with E-state index in [4.69, 9.17) is 11.6 Å². The number of aryl methyl sites for hydroxylation is 2. The monoisotopic (exact) mass is 212 g/mol. The van der Waals surface area contributed by atoms with Crippen LogP contribution in [0, 0.1) is 6.92 Å². The zero-order valence-corrected chi connectivity index (χ0v) is 9.50. The highest BCUT2D eigenvalue weighted by atomic mass is 35.5. The van der Waals surface area contributed by atoms with Crippen molar-refractivity contribution >= 4 is 22.8 Å². The average molecular weight is 213 g/mol. The molecule has 0 aliphatic rings. The van der Waals surface area contributed by atoms with Crippen molar-refractivity contribution in [1.82, 2.24) is 19.5 Å². The lowest BCUT2D eigenvalue weighted by molar-refractivity contribution is 0.920. The summed E-state index contributed by atoms with van der Waals surface area (Å²) in [7, 11) is 1.87. The van der Waals surface area contributed by atoms with Crippen molar-refractivity contribution in [3.8, 4) is 0 Å². The van der Waals surface area contributed by atoms with Crippen LogP contribution in [0.4, 0.5) is 0 Å². The molecule has 0 saturated carbocycles. The van der Waals surface area contributed by atoms with Crippen LogP contribution in [0.3, 0.4) is 0 Å². The molecule has 0 saturated heterocycles. The Hall–Kier alpha value is -1.16. The van der Waals surface area contributed by atoms with E-state index in [0.29, 0.717) is 16.5 Å². The molecule has 0 bridgehead atoms. The topological polar surface area (TPSA) is 43.6 Å². The maximum Gasteiger partial charge on any atom is 0.164 e. The van der Waals surface area contributed by atoms with Crippen molar-refractivity contribution in [2.24, 2.45) is 7.05 Å². The molecule has 0 unspecified atom stereocenters. The van der Waals surface area contributed by atoms with Gasteiger partial charge in [0.05, 0.1) is 6.33 Å². The fourth-order valence-electron chi connectivity index (χ4n) is 1.07. The molecule has 5 heteroatoms. The minimum Gasteiger partial charge on any atom is -0.318 e. The normalized spacial score (nSPS) is 9.79. The lowest BCUT2D eigenvalue weighted by atomic mass is 10.5. The van der Waals surface area contributed by atoms with Crippen LogP contribution in [0.1, 0.15) is 19.7 Å². The van der Waals surface area contributed by atoms with Gasteiger partial charge in [-0.05, 0) is 6.92 Å². The number of aromatic nitrogens is 4. The largest absolute Gasteiger partial charge is 0.318 e. The second-order valence-electron chi connectivity index (χ2n) is 2.59. The predicted molar refractivity (Wildman–Crippen MR) is 57.4 cm³/mol. The Morgan fingerprint density at radius 2 is 1.93 bits per heavy atom. The molecule has 4 nitrogen and oxygen atoms in total. The van der Waals surface area contributed by atoms with E-state index in [1.807, 2.05) is 25.5 Å². The minimum absolute atomic E-state index is 0.415. The first-order valence-electron chi connectivity index (χ1n) is 4.49. The Kier molecular flexibility index (Phi) is 3.41. The molecule has 2 heterocycles. The van der Waals surface area contributed by atoms with E-state index in [9.17, 15) is 0 Å². The first-order chi connectivity index (χ1) is 6.68. The third-order valence-corrected chi connectivity index (χ3v) is 1.89. The van der Waals surface area contributed by atoms with E-state index in [-0.39, 0.29) is 0 Å². The third-order valence-electron chi connectivity index (χ3n) is 1.63. The molecule has 0 aliphatic carbocycles. The van der Waals surface area contributed by atoms with Gasteiger partial charge in [-0.3, -0.25) is 0 Å². The van der Waals surface area contributed by atoms with Gasteiger partial charge in [0.2, 0.25) is 0 Å². The summed E-state index contributed by atoms with van der Waals surface area (Å²) in [6.45, 7) is 5.80. The first-order valence-corrected chi connectivity index (χ1v) is 4.87. The van der Waals surface area contributed by atoms with Gasteiger partial charge < -0.3 is 4.57 Å². The van der Waals surface area contributed by atoms with Gasteiger partial charge in [-0.15, -0.1) is 0 Å². The fraction of sp³-hybridized carbons (Fsp3) is 0.444. The summed E-state index contributed by atoms with van der Waals surface area (Å²) < 4.78 is 1.82. The molecular weight excluding hydrogens is 200 g/mol. The highest BCUT2D eigenvalue weighted by Crippen LogP contribution is 2.17. The van der Waals surface area contributed by atoms with Gasteiger partial charge in [0, 0.05) is 7.05 Å². The third kappa shape index (κ3) is 1.85. The summed E-state index contributed by atoms with van der Waals surface area (Å²) in [5.41, 5.74) is 1.43. The van der Waals surface area contributed by atoms with Gasteiger partial charge in [-0.25, -0.2) is 15.0 Å². The molecule has 0 fully saturated rings. The van der Waals surface area contributed by atoms with Gasteiger partial charge in [0.1, 0.15) is 11.3 Å². The molecule has 2 aromatic rings. The van der Waals surface area contributed by atoms with E-state index in [1.54, 1.807) is 13.3 Å². The van der Waals surface area contributed by atoms with Crippen molar-refractivity contribution in [3.63, 3.8) is 0 Å². The van der Waals surface area contributed by atoms with Crippen LogP contribution in [0.2, 0.25) is 5.15 Å². The zero-order chi connectivity index (χ0) is 10.7. The highest BCUT2D eigenvalue weighted by Gasteiger charge is 2.06. The predicted octanol–water partition coefficient (Wildman–Crippen LogP) is 2.35. The maximum absolute atomic E-state index is 5.85. The zero-order valence-electron chi connectivity index (χ0n) is 8.74. The molecule has 0 N–H and O–H groups in total. The number of halogens is 1. The summed E-state index contributed by atoms with van der Waals surface area (Å²) in [5.74, 6) is 0.663. The number of hydrogen-bond acceptors (Lipinski definition) is 3. The van der Waals surface area contributed by atoms with Crippen molar-refractivity contribution in [1.29, 1.82) is 0 Å². The van der Waals surface area contributed by atoms with E-state index in [1.165, 1.54) is 0 Å². The number of fused-ring (bicyclic) bond motifs is 1. The Balaban J connectivity index is 0.000000461. The Bertz CT molecular complexity index is 436. The Morgan fingerprint density at radius 1 is 1.29 bits per heavy atom. The van der Waals surface area contributed by atoms with E-state index in [0.717, 1.165) is 5.65 Å². The van der Waals surface area contributed by atoms with E-state index >= 15 is 0 Å². The Morgan fingerprint density at radius 3 is 2.57 bits per heavy atom. The fourth-order valence-corrected chi connectivity index (χ4v) is 1.33. The molecular formula is C9H13ClN4. The standard InChI is InChI=1S/C7H7ClN4.C2H6/c1-4-10-6(8)5-7(11-4)12(2)3-9-5;1-2/h3H,1-2H3;1-2H3. The van der Waals surface area contributed by atoms with Crippen LogP contribution in [-0.4, -0.2) is 19.5 Å². The molecule has 0 radical (unpaired) electrons. The maximum atomic E-state index is 5.85. The molecule has 0 aromatic carbocycles. The summed E-state index contributed by atoms with van der Waals surface area (Å²) in [5, 5.41) is 0.415. The molecule has 76 valence electrons. The summed E-state index contributed by atoms with van der Waals surface area (Å²) in [4.78, 5) is 12.3. The Labute approximate surface area is 88.0 Å². The van der Waals surface area contributed by atoms with Crippen molar-refractivity contribution in [2.45, 2.75) is 20.8 Å². The quantitative estimate of drug-likeness (QED) is 0.630.